The van der Waals surface area contributed by atoms with E-state index in [9.17, 15) is 8.42 Å². The molecule has 0 amide bonds. The molecule has 0 bridgehead atoms. The summed E-state index contributed by atoms with van der Waals surface area (Å²) in [5, 5.41) is 0. The molecule has 0 aromatic heterocycles. The Labute approximate surface area is 125 Å². The van der Waals surface area contributed by atoms with Crippen molar-refractivity contribution >= 4 is 21.8 Å². The highest BCUT2D eigenvalue weighted by molar-refractivity contribution is 8.00. The quantitative estimate of drug-likeness (QED) is 0.797. The van der Waals surface area contributed by atoms with Crippen LogP contribution in [0.1, 0.15) is 19.4 Å². The molecule has 1 rings (SSSR count). The van der Waals surface area contributed by atoms with Crippen LogP contribution in [0.4, 0.5) is 0 Å². The SMILES string of the molecule is COc1ccc(S(=O)(=O)NCC(C)(C)SC)cc1CN. The normalized spacial score (nSPS) is 12.4. The maximum atomic E-state index is 12.3. The lowest BCUT2D eigenvalue weighted by Gasteiger charge is -2.22. The van der Waals surface area contributed by atoms with E-state index in [-0.39, 0.29) is 16.2 Å². The highest BCUT2D eigenvalue weighted by Gasteiger charge is 2.22. The van der Waals surface area contributed by atoms with E-state index in [2.05, 4.69) is 4.72 Å². The van der Waals surface area contributed by atoms with Gasteiger partial charge in [0.15, 0.2) is 0 Å². The third kappa shape index (κ3) is 4.37. The van der Waals surface area contributed by atoms with E-state index in [1.54, 1.807) is 23.9 Å². The summed E-state index contributed by atoms with van der Waals surface area (Å²) in [6.45, 7) is 4.56. The van der Waals surface area contributed by atoms with Gasteiger partial charge in [-0.3, -0.25) is 0 Å². The molecular weight excluding hydrogens is 296 g/mol. The molecular formula is C13H22N2O3S2. The van der Waals surface area contributed by atoms with Crippen LogP contribution in [0.25, 0.3) is 0 Å². The molecule has 5 nitrogen and oxygen atoms in total. The van der Waals surface area contributed by atoms with Gasteiger partial charge in [0.2, 0.25) is 10.0 Å². The highest BCUT2D eigenvalue weighted by atomic mass is 32.2. The standard InChI is InChI=1S/C13H22N2O3S2/c1-13(2,19-4)9-15-20(16,17)11-5-6-12(18-3)10(7-11)8-14/h5-7,15H,8-9,14H2,1-4H3. The van der Waals surface area contributed by atoms with Crippen molar-refractivity contribution < 1.29 is 13.2 Å². The van der Waals surface area contributed by atoms with Gasteiger partial charge in [-0.2, -0.15) is 11.8 Å². The molecule has 3 N–H and O–H groups in total. The molecule has 1 aromatic rings. The average molecular weight is 318 g/mol. The van der Waals surface area contributed by atoms with Gasteiger partial charge in [-0.25, -0.2) is 13.1 Å². The molecule has 0 unspecified atom stereocenters. The van der Waals surface area contributed by atoms with Crippen molar-refractivity contribution in [3.63, 3.8) is 0 Å². The zero-order valence-electron chi connectivity index (χ0n) is 12.3. The van der Waals surface area contributed by atoms with Crippen molar-refractivity contribution in [2.45, 2.75) is 30.0 Å². The van der Waals surface area contributed by atoms with Crippen LogP contribution in [0, 0.1) is 0 Å². The molecule has 7 heteroatoms. The number of methoxy groups -OCH3 is 1. The average Bonchev–Trinajstić information content (AvgIpc) is 2.44. The lowest BCUT2D eigenvalue weighted by molar-refractivity contribution is 0.409. The number of sulfonamides is 1. The van der Waals surface area contributed by atoms with Crippen molar-refractivity contribution in [1.29, 1.82) is 0 Å². The molecule has 0 radical (unpaired) electrons. The van der Waals surface area contributed by atoms with E-state index in [1.165, 1.54) is 13.2 Å². The lowest BCUT2D eigenvalue weighted by atomic mass is 10.2. The van der Waals surface area contributed by atoms with Crippen LogP contribution in [0.15, 0.2) is 23.1 Å². The van der Waals surface area contributed by atoms with Gasteiger partial charge in [0.1, 0.15) is 5.75 Å². The fourth-order valence-corrected chi connectivity index (χ4v) is 3.08. The maximum absolute atomic E-state index is 12.3. The number of benzene rings is 1. The molecule has 0 spiro atoms. The second kappa shape index (κ2) is 6.80. The van der Waals surface area contributed by atoms with Crippen molar-refractivity contribution in [3.8, 4) is 5.75 Å². The molecule has 0 aliphatic carbocycles. The Balaban J connectivity index is 2.98. The van der Waals surface area contributed by atoms with Crippen molar-refractivity contribution in [2.24, 2.45) is 5.73 Å². The van der Waals surface area contributed by atoms with Gasteiger partial charge < -0.3 is 10.5 Å². The smallest absolute Gasteiger partial charge is 0.240 e. The van der Waals surface area contributed by atoms with Gasteiger partial charge in [-0.05, 0) is 38.3 Å². The van der Waals surface area contributed by atoms with E-state index < -0.39 is 10.0 Å². The summed E-state index contributed by atoms with van der Waals surface area (Å²) in [6, 6.07) is 4.69. The van der Waals surface area contributed by atoms with Gasteiger partial charge in [-0.1, -0.05) is 0 Å². The minimum Gasteiger partial charge on any atom is -0.496 e. The molecule has 0 saturated heterocycles. The van der Waals surface area contributed by atoms with E-state index in [1.807, 2.05) is 20.1 Å². The van der Waals surface area contributed by atoms with Crippen molar-refractivity contribution in [1.82, 2.24) is 4.72 Å². The number of rotatable bonds is 7. The van der Waals surface area contributed by atoms with Gasteiger partial charge in [0, 0.05) is 23.4 Å². The van der Waals surface area contributed by atoms with Crippen LogP contribution < -0.4 is 15.2 Å². The summed E-state index contributed by atoms with van der Waals surface area (Å²) in [6.07, 6.45) is 1.95. The summed E-state index contributed by atoms with van der Waals surface area (Å²) in [4.78, 5) is 0.204. The first kappa shape index (κ1) is 17.3. The molecule has 0 heterocycles. The molecule has 0 atom stereocenters. The molecule has 114 valence electrons. The lowest BCUT2D eigenvalue weighted by Crippen LogP contribution is -2.36. The van der Waals surface area contributed by atoms with Crippen LogP contribution in [-0.2, 0) is 16.6 Å². The van der Waals surface area contributed by atoms with Crippen LogP contribution in [-0.4, -0.2) is 33.1 Å². The summed E-state index contributed by atoms with van der Waals surface area (Å²) in [7, 11) is -2.01. The van der Waals surface area contributed by atoms with E-state index >= 15 is 0 Å². The minimum absolute atomic E-state index is 0.157. The number of ether oxygens (including phenoxy) is 1. The summed E-state index contributed by atoms with van der Waals surface area (Å²) < 4.78 is 32.1. The van der Waals surface area contributed by atoms with E-state index in [0.29, 0.717) is 17.9 Å². The number of hydrogen-bond acceptors (Lipinski definition) is 5. The summed E-state index contributed by atoms with van der Waals surface area (Å²) >= 11 is 1.61. The van der Waals surface area contributed by atoms with Crippen molar-refractivity contribution in [2.75, 3.05) is 19.9 Å². The van der Waals surface area contributed by atoms with Crippen LogP contribution >= 0.6 is 11.8 Å². The first-order valence-corrected chi connectivity index (χ1v) is 8.88. The Morgan fingerprint density at radius 3 is 2.55 bits per heavy atom. The molecule has 0 fully saturated rings. The monoisotopic (exact) mass is 318 g/mol. The van der Waals surface area contributed by atoms with Crippen LogP contribution in [0.2, 0.25) is 0 Å². The van der Waals surface area contributed by atoms with Crippen LogP contribution in [0.3, 0.4) is 0 Å². The number of hydrogen-bond donors (Lipinski definition) is 2. The van der Waals surface area contributed by atoms with Crippen molar-refractivity contribution in [3.05, 3.63) is 23.8 Å². The Hall–Kier alpha value is -0.760. The van der Waals surface area contributed by atoms with E-state index in [0.717, 1.165) is 0 Å². The molecule has 0 aliphatic heterocycles. The van der Waals surface area contributed by atoms with Gasteiger partial charge in [0.05, 0.1) is 12.0 Å². The first-order valence-electron chi connectivity index (χ1n) is 6.17. The molecule has 0 saturated carbocycles. The van der Waals surface area contributed by atoms with Crippen LogP contribution in [0.5, 0.6) is 5.75 Å². The third-order valence-corrected chi connectivity index (χ3v) is 5.67. The summed E-state index contributed by atoms with van der Waals surface area (Å²) in [5.74, 6) is 0.593. The Bertz CT molecular complexity index is 557. The minimum atomic E-state index is -3.54. The largest absolute Gasteiger partial charge is 0.496 e. The van der Waals surface area contributed by atoms with Gasteiger partial charge >= 0.3 is 0 Å². The maximum Gasteiger partial charge on any atom is 0.240 e. The van der Waals surface area contributed by atoms with Gasteiger partial charge in [0.25, 0.3) is 0 Å². The number of nitrogens with two attached hydrogens (primary N) is 1. The fraction of sp³-hybridized carbons (Fsp3) is 0.538. The Morgan fingerprint density at radius 2 is 2.05 bits per heavy atom. The predicted octanol–water partition coefficient (Wildman–Crippen LogP) is 1.57. The number of nitrogens with one attached hydrogen (secondary N) is 1. The fourth-order valence-electron chi connectivity index (χ4n) is 1.51. The zero-order valence-corrected chi connectivity index (χ0v) is 13.9. The van der Waals surface area contributed by atoms with Gasteiger partial charge in [-0.15, -0.1) is 0 Å². The highest BCUT2D eigenvalue weighted by Crippen LogP contribution is 2.23. The molecule has 1 aromatic carbocycles. The molecule has 20 heavy (non-hydrogen) atoms. The first-order chi connectivity index (χ1) is 9.25. The zero-order chi connectivity index (χ0) is 15.4. The third-order valence-electron chi connectivity index (χ3n) is 3.02. The second-order valence-corrected chi connectivity index (χ2v) is 8.25. The second-order valence-electron chi connectivity index (χ2n) is 4.97. The van der Waals surface area contributed by atoms with E-state index in [4.69, 9.17) is 10.5 Å². The summed E-state index contributed by atoms with van der Waals surface area (Å²) in [5.41, 5.74) is 6.27. The number of thioether (sulfide) groups is 1. The predicted molar refractivity (Wildman–Crippen MR) is 83.7 cm³/mol. The molecule has 0 aliphatic rings. The Kier molecular flexibility index (Phi) is 5.88. The Morgan fingerprint density at radius 1 is 1.40 bits per heavy atom. The topological polar surface area (TPSA) is 81.4 Å².